The molecule has 0 atom stereocenters. The molecule has 0 N–H and O–H groups in total. The maximum absolute atomic E-state index is 11.7. The maximum Gasteiger partial charge on any atom is 0.415 e. The first kappa shape index (κ1) is 14.0. The minimum Gasteiger partial charge on any atom is -0.409 e. The molecule has 16 heavy (non-hydrogen) atoms. The Morgan fingerprint density at radius 2 is 1.94 bits per heavy atom. The molecule has 0 heterocycles. The summed E-state index contributed by atoms with van der Waals surface area (Å²) in [5, 5.41) is 0. The van der Waals surface area contributed by atoms with Gasteiger partial charge in [0.15, 0.2) is 0 Å². The molecule has 0 saturated carbocycles. The number of nitrogens with zero attached hydrogens (tertiary/aromatic N) is 1. The highest BCUT2D eigenvalue weighted by Crippen LogP contribution is 2.23. The molecule has 0 aliphatic rings. The molecular weight excluding hydrogens is 432 g/mol. The van der Waals surface area contributed by atoms with E-state index in [2.05, 4.69) is 45.2 Å². The van der Waals surface area contributed by atoms with Gasteiger partial charge in [-0.3, -0.25) is 0 Å². The van der Waals surface area contributed by atoms with Crippen molar-refractivity contribution < 1.29 is 9.53 Å². The number of ether oxygens (including phenoxy) is 1. The summed E-state index contributed by atoms with van der Waals surface area (Å²) in [7, 11) is 0. The summed E-state index contributed by atoms with van der Waals surface area (Å²) in [6.45, 7) is 5.20. The topological polar surface area (TPSA) is 29.5 Å². The van der Waals surface area contributed by atoms with Crippen LogP contribution in [0, 0.1) is 7.14 Å². The van der Waals surface area contributed by atoms with Gasteiger partial charge in [0.25, 0.3) is 0 Å². The van der Waals surface area contributed by atoms with Crippen LogP contribution >= 0.6 is 45.2 Å². The van der Waals surface area contributed by atoms with Crippen LogP contribution in [0.15, 0.2) is 18.2 Å². The van der Waals surface area contributed by atoms with Gasteiger partial charge in [0.05, 0.1) is 3.57 Å². The van der Waals surface area contributed by atoms with Gasteiger partial charge in [0.1, 0.15) is 5.75 Å². The Kier molecular flexibility index (Phi) is 5.81. The Bertz CT molecular complexity index is 378. The van der Waals surface area contributed by atoms with Crippen LogP contribution < -0.4 is 4.74 Å². The summed E-state index contributed by atoms with van der Waals surface area (Å²) in [6, 6.07) is 5.79. The summed E-state index contributed by atoms with van der Waals surface area (Å²) in [5.74, 6) is 0.629. The van der Waals surface area contributed by atoms with E-state index in [1.165, 1.54) is 0 Å². The molecule has 0 saturated heterocycles. The van der Waals surface area contributed by atoms with Crippen LogP contribution in [-0.4, -0.2) is 24.1 Å². The van der Waals surface area contributed by atoms with Crippen LogP contribution in [0.4, 0.5) is 4.79 Å². The SMILES string of the molecule is CCN(CC)C(=O)Oc1cc(I)ccc1I. The molecule has 0 aliphatic heterocycles. The summed E-state index contributed by atoms with van der Waals surface area (Å²) < 4.78 is 7.34. The van der Waals surface area contributed by atoms with Crippen molar-refractivity contribution in [1.29, 1.82) is 0 Å². The van der Waals surface area contributed by atoms with Gasteiger partial charge in [0, 0.05) is 16.7 Å². The number of amides is 1. The predicted octanol–water partition coefficient (Wildman–Crippen LogP) is 3.74. The molecule has 0 fully saturated rings. The van der Waals surface area contributed by atoms with Crippen molar-refractivity contribution in [2.24, 2.45) is 0 Å². The number of halogens is 2. The molecule has 0 bridgehead atoms. The largest absolute Gasteiger partial charge is 0.415 e. The van der Waals surface area contributed by atoms with E-state index in [0.717, 1.165) is 7.14 Å². The number of carbonyl (C=O) groups excluding carboxylic acids is 1. The average molecular weight is 445 g/mol. The first-order valence-electron chi connectivity index (χ1n) is 5.00. The summed E-state index contributed by atoms with van der Waals surface area (Å²) in [6.07, 6.45) is -0.287. The first-order valence-corrected chi connectivity index (χ1v) is 7.16. The second-order valence-electron chi connectivity index (χ2n) is 3.12. The van der Waals surface area contributed by atoms with Crippen molar-refractivity contribution in [3.63, 3.8) is 0 Å². The van der Waals surface area contributed by atoms with E-state index in [-0.39, 0.29) is 6.09 Å². The molecule has 1 amide bonds. The van der Waals surface area contributed by atoms with Crippen molar-refractivity contribution in [1.82, 2.24) is 4.90 Å². The molecule has 1 aromatic rings. The number of rotatable bonds is 3. The second-order valence-corrected chi connectivity index (χ2v) is 5.52. The minimum absolute atomic E-state index is 0.287. The zero-order valence-electron chi connectivity index (χ0n) is 9.17. The predicted molar refractivity (Wildman–Crippen MR) is 80.8 cm³/mol. The smallest absolute Gasteiger partial charge is 0.409 e. The minimum atomic E-state index is -0.287. The zero-order valence-corrected chi connectivity index (χ0v) is 13.5. The fourth-order valence-electron chi connectivity index (χ4n) is 1.20. The molecule has 1 rings (SSSR count). The van der Waals surface area contributed by atoms with Gasteiger partial charge in [-0.25, -0.2) is 4.79 Å². The molecule has 5 heteroatoms. The molecule has 0 spiro atoms. The normalized spacial score (nSPS) is 10.0. The number of hydrogen-bond acceptors (Lipinski definition) is 2. The summed E-state index contributed by atoms with van der Waals surface area (Å²) >= 11 is 4.36. The standard InChI is InChI=1S/C11H13I2NO2/c1-3-14(4-2)11(15)16-10-7-8(12)5-6-9(10)13/h5-7H,3-4H2,1-2H3. The van der Waals surface area contributed by atoms with E-state index in [4.69, 9.17) is 4.74 Å². The maximum atomic E-state index is 11.7. The van der Waals surface area contributed by atoms with E-state index >= 15 is 0 Å². The van der Waals surface area contributed by atoms with Crippen molar-refractivity contribution in [3.05, 3.63) is 25.3 Å². The van der Waals surface area contributed by atoms with Gasteiger partial charge in [-0.05, 0) is 77.2 Å². The number of hydrogen-bond donors (Lipinski definition) is 0. The lowest BCUT2D eigenvalue weighted by Crippen LogP contribution is -2.33. The highest BCUT2D eigenvalue weighted by molar-refractivity contribution is 14.1. The molecule has 0 unspecified atom stereocenters. The van der Waals surface area contributed by atoms with Crippen molar-refractivity contribution in [2.45, 2.75) is 13.8 Å². The summed E-state index contributed by atoms with van der Waals surface area (Å²) in [5.41, 5.74) is 0. The van der Waals surface area contributed by atoms with Gasteiger partial charge in [-0.2, -0.15) is 0 Å². The number of carbonyl (C=O) groups is 1. The molecular formula is C11H13I2NO2. The Hall–Kier alpha value is -0.0500. The average Bonchev–Trinajstić information content (AvgIpc) is 2.25. The Balaban J connectivity index is 2.80. The van der Waals surface area contributed by atoms with Crippen LogP contribution in [0.2, 0.25) is 0 Å². The second kappa shape index (κ2) is 6.63. The van der Waals surface area contributed by atoms with E-state index < -0.39 is 0 Å². The Morgan fingerprint density at radius 3 is 2.50 bits per heavy atom. The van der Waals surface area contributed by atoms with Gasteiger partial charge in [-0.15, -0.1) is 0 Å². The highest BCUT2D eigenvalue weighted by atomic mass is 127. The van der Waals surface area contributed by atoms with Gasteiger partial charge in [-0.1, -0.05) is 0 Å². The third kappa shape index (κ3) is 3.76. The van der Waals surface area contributed by atoms with E-state index in [0.29, 0.717) is 18.8 Å². The van der Waals surface area contributed by atoms with Crippen LogP contribution in [0.1, 0.15) is 13.8 Å². The monoisotopic (exact) mass is 445 g/mol. The third-order valence-corrected chi connectivity index (χ3v) is 3.67. The van der Waals surface area contributed by atoms with E-state index in [9.17, 15) is 4.79 Å². The highest BCUT2D eigenvalue weighted by Gasteiger charge is 2.13. The van der Waals surface area contributed by atoms with Crippen molar-refractivity contribution in [2.75, 3.05) is 13.1 Å². The Morgan fingerprint density at radius 1 is 1.31 bits per heavy atom. The zero-order chi connectivity index (χ0) is 12.1. The van der Waals surface area contributed by atoms with Crippen LogP contribution in [0.3, 0.4) is 0 Å². The Labute approximate surface area is 123 Å². The van der Waals surface area contributed by atoms with Crippen LogP contribution in [-0.2, 0) is 0 Å². The molecule has 0 radical (unpaired) electrons. The van der Waals surface area contributed by atoms with Crippen LogP contribution in [0.25, 0.3) is 0 Å². The quantitative estimate of drug-likeness (QED) is 0.665. The first-order chi connectivity index (χ1) is 7.58. The lowest BCUT2D eigenvalue weighted by Gasteiger charge is -2.18. The fraction of sp³-hybridized carbons (Fsp3) is 0.364. The molecule has 0 aliphatic carbocycles. The third-order valence-electron chi connectivity index (χ3n) is 2.11. The molecule has 88 valence electrons. The lowest BCUT2D eigenvalue weighted by atomic mass is 10.3. The van der Waals surface area contributed by atoms with Gasteiger partial charge >= 0.3 is 6.09 Å². The number of benzene rings is 1. The molecule has 3 nitrogen and oxygen atoms in total. The summed E-state index contributed by atoms with van der Waals surface area (Å²) in [4.78, 5) is 13.4. The molecule has 0 aromatic heterocycles. The molecule has 1 aromatic carbocycles. The van der Waals surface area contributed by atoms with E-state index in [1.54, 1.807) is 4.90 Å². The van der Waals surface area contributed by atoms with E-state index in [1.807, 2.05) is 32.0 Å². The lowest BCUT2D eigenvalue weighted by molar-refractivity contribution is 0.157. The van der Waals surface area contributed by atoms with Gasteiger partial charge in [0.2, 0.25) is 0 Å². The van der Waals surface area contributed by atoms with Crippen molar-refractivity contribution >= 4 is 51.3 Å². The van der Waals surface area contributed by atoms with Gasteiger partial charge < -0.3 is 9.64 Å². The van der Waals surface area contributed by atoms with Crippen LogP contribution in [0.5, 0.6) is 5.75 Å². The fourth-order valence-corrected chi connectivity index (χ4v) is 2.10. The van der Waals surface area contributed by atoms with Crippen molar-refractivity contribution in [3.8, 4) is 5.75 Å².